The van der Waals surface area contributed by atoms with Crippen LogP contribution in [0.25, 0.3) is 0 Å². The molecule has 1 aliphatic heterocycles. The van der Waals surface area contributed by atoms with Crippen LogP contribution >= 0.6 is 0 Å². The summed E-state index contributed by atoms with van der Waals surface area (Å²) >= 11 is 0. The minimum Gasteiger partial charge on any atom is -0.387 e. The van der Waals surface area contributed by atoms with Gasteiger partial charge in [0, 0.05) is 12.6 Å². The average Bonchev–Trinajstić information content (AvgIpc) is 2.75. The van der Waals surface area contributed by atoms with Crippen LogP contribution in [0.2, 0.25) is 0 Å². The standard InChI is InChI=1S/C13H16F3NO3S/c14-13(15,16)10-3-1-9(2-4-10)12(18)7-17-11-5-6-21(19,20)8-11/h1-4,11-12,17-18H,5-8H2. The van der Waals surface area contributed by atoms with E-state index in [1.165, 1.54) is 12.1 Å². The molecule has 8 heteroatoms. The highest BCUT2D eigenvalue weighted by Gasteiger charge is 2.30. The topological polar surface area (TPSA) is 66.4 Å². The number of alkyl halides is 3. The van der Waals surface area contributed by atoms with E-state index in [-0.39, 0.29) is 24.1 Å². The van der Waals surface area contributed by atoms with Crippen LogP contribution in [0, 0.1) is 0 Å². The summed E-state index contributed by atoms with van der Waals surface area (Å²) in [4.78, 5) is 0. The zero-order chi connectivity index (χ0) is 15.7. The highest BCUT2D eigenvalue weighted by Crippen LogP contribution is 2.29. The minimum absolute atomic E-state index is 0.0345. The monoisotopic (exact) mass is 323 g/mol. The molecule has 1 aromatic carbocycles. The van der Waals surface area contributed by atoms with Crippen LogP contribution in [-0.4, -0.2) is 37.6 Å². The molecule has 0 amide bonds. The van der Waals surface area contributed by atoms with Gasteiger partial charge in [-0.05, 0) is 24.1 Å². The molecule has 118 valence electrons. The van der Waals surface area contributed by atoms with Crippen LogP contribution in [0.1, 0.15) is 23.7 Å². The third kappa shape index (κ3) is 4.42. The quantitative estimate of drug-likeness (QED) is 0.882. The third-order valence-electron chi connectivity index (χ3n) is 3.46. The first kappa shape index (κ1) is 16.3. The molecule has 2 N–H and O–H groups in total. The molecule has 1 aliphatic rings. The van der Waals surface area contributed by atoms with E-state index in [4.69, 9.17) is 0 Å². The smallest absolute Gasteiger partial charge is 0.387 e. The summed E-state index contributed by atoms with van der Waals surface area (Å²) in [6.45, 7) is 0.103. The summed E-state index contributed by atoms with van der Waals surface area (Å²) in [7, 11) is -3.00. The molecule has 0 aromatic heterocycles. The van der Waals surface area contributed by atoms with E-state index in [1.54, 1.807) is 0 Å². The maximum Gasteiger partial charge on any atom is 0.416 e. The molecule has 1 fully saturated rings. The largest absolute Gasteiger partial charge is 0.416 e. The zero-order valence-corrected chi connectivity index (χ0v) is 11.9. The number of sulfone groups is 1. The molecular formula is C13H16F3NO3S. The van der Waals surface area contributed by atoms with E-state index in [9.17, 15) is 26.7 Å². The van der Waals surface area contributed by atoms with Gasteiger partial charge < -0.3 is 10.4 Å². The number of nitrogens with one attached hydrogen (secondary N) is 1. The van der Waals surface area contributed by atoms with Gasteiger partial charge in [0.1, 0.15) is 0 Å². The summed E-state index contributed by atoms with van der Waals surface area (Å²) in [5.74, 6) is 0.160. The second kappa shape index (κ2) is 5.94. The van der Waals surface area contributed by atoms with Crippen molar-refractivity contribution in [1.82, 2.24) is 5.32 Å². The second-order valence-corrected chi connectivity index (χ2v) is 7.37. The predicted molar refractivity (Wildman–Crippen MR) is 71.5 cm³/mol. The van der Waals surface area contributed by atoms with Crippen molar-refractivity contribution in [3.8, 4) is 0 Å². The van der Waals surface area contributed by atoms with Crippen molar-refractivity contribution in [1.29, 1.82) is 0 Å². The highest BCUT2D eigenvalue weighted by atomic mass is 32.2. The van der Waals surface area contributed by atoms with Crippen LogP contribution < -0.4 is 5.32 Å². The zero-order valence-electron chi connectivity index (χ0n) is 11.1. The lowest BCUT2D eigenvalue weighted by Crippen LogP contribution is -2.33. The van der Waals surface area contributed by atoms with Gasteiger partial charge in [-0.2, -0.15) is 13.2 Å². The van der Waals surface area contributed by atoms with Gasteiger partial charge in [-0.25, -0.2) is 8.42 Å². The van der Waals surface area contributed by atoms with Crippen LogP contribution in [0.4, 0.5) is 13.2 Å². The molecule has 1 saturated heterocycles. The molecule has 0 spiro atoms. The van der Waals surface area contributed by atoms with Gasteiger partial charge in [0.2, 0.25) is 0 Å². The number of aliphatic hydroxyl groups is 1. The summed E-state index contributed by atoms with van der Waals surface area (Å²) in [5.41, 5.74) is -0.412. The number of benzene rings is 1. The molecule has 0 saturated carbocycles. The summed E-state index contributed by atoms with van der Waals surface area (Å²) < 4.78 is 59.8. The van der Waals surface area contributed by atoms with Gasteiger partial charge in [0.25, 0.3) is 0 Å². The maximum absolute atomic E-state index is 12.4. The Kier molecular flexibility index (Phi) is 4.60. The Morgan fingerprint density at radius 3 is 2.38 bits per heavy atom. The predicted octanol–water partition coefficient (Wildman–Crippen LogP) is 1.52. The summed E-state index contributed by atoms with van der Waals surface area (Å²) in [6, 6.07) is 4.07. The Morgan fingerprint density at radius 2 is 1.90 bits per heavy atom. The molecule has 1 aromatic rings. The second-order valence-electron chi connectivity index (χ2n) is 5.14. The Hall–Kier alpha value is -1.12. The van der Waals surface area contributed by atoms with E-state index in [2.05, 4.69) is 5.32 Å². The molecule has 1 heterocycles. The molecule has 4 nitrogen and oxygen atoms in total. The van der Waals surface area contributed by atoms with Gasteiger partial charge in [-0.15, -0.1) is 0 Å². The normalized spacial score (nSPS) is 23.1. The molecule has 21 heavy (non-hydrogen) atoms. The highest BCUT2D eigenvalue weighted by molar-refractivity contribution is 7.91. The first-order valence-electron chi connectivity index (χ1n) is 6.46. The molecule has 2 rings (SSSR count). The van der Waals surface area contributed by atoms with Gasteiger partial charge >= 0.3 is 6.18 Å². The fraction of sp³-hybridized carbons (Fsp3) is 0.538. The Labute approximate surface area is 120 Å². The molecule has 0 radical (unpaired) electrons. The Morgan fingerprint density at radius 1 is 1.29 bits per heavy atom. The van der Waals surface area contributed by atoms with Crippen molar-refractivity contribution in [2.75, 3.05) is 18.1 Å². The van der Waals surface area contributed by atoms with Gasteiger partial charge in [0.05, 0.1) is 23.2 Å². The first-order valence-corrected chi connectivity index (χ1v) is 8.28. The Bertz CT molecular complexity index is 584. The van der Waals surface area contributed by atoms with Gasteiger partial charge in [-0.1, -0.05) is 12.1 Å². The van der Waals surface area contributed by atoms with Crippen molar-refractivity contribution in [2.45, 2.75) is 24.7 Å². The van der Waals surface area contributed by atoms with E-state index < -0.39 is 27.7 Å². The number of rotatable bonds is 4. The van der Waals surface area contributed by atoms with Crippen molar-refractivity contribution in [3.05, 3.63) is 35.4 Å². The van der Waals surface area contributed by atoms with E-state index in [1.807, 2.05) is 0 Å². The molecular weight excluding hydrogens is 307 g/mol. The van der Waals surface area contributed by atoms with Crippen molar-refractivity contribution < 1.29 is 26.7 Å². The SMILES string of the molecule is O=S1(=O)CCC(NCC(O)c2ccc(C(F)(F)F)cc2)C1. The van der Waals surface area contributed by atoms with Gasteiger partial charge in [0.15, 0.2) is 9.84 Å². The third-order valence-corrected chi connectivity index (χ3v) is 5.22. The number of hydrogen-bond donors (Lipinski definition) is 2. The van der Waals surface area contributed by atoms with Crippen LogP contribution in [0.3, 0.4) is 0 Å². The lowest BCUT2D eigenvalue weighted by molar-refractivity contribution is -0.137. The lowest BCUT2D eigenvalue weighted by Gasteiger charge is -2.16. The fourth-order valence-corrected chi connectivity index (χ4v) is 3.95. The minimum atomic E-state index is -4.40. The summed E-state index contributed by atoms with van der Waals surface area (Å²) in [6.07, 6.45) is -4.89. The van der Waals surface area contributed by atoms with Crippen LogP contribution in [0.15, 0.2) is 24.3 Å². The average molecular weight is 323 g/mol. The molecule has 2 unspecified atom stereocenters. The lowest BCUT2D eigenvalue weighted by atomic mass is 10.1. The first-order chi connectivity index (χ1) is 9.67. The van der Waals surface area contributed by atoms with Crippen molar-refractivity contribution in [3.63, 3.8) is 0 Å². The number of hydrogen-bond acceptors (Lipinski definition) is 4. The fourth-order valence-electron chi connectivity index (χ4n) is 2.25. The number of aliphatic hydroxyl groups excluding tert-OH is 1. The molecule has 0 aliphatic carbocycles. The Balaban J connectivity index is 1.90. The van der Waals surface area contributed by atoms with Crippen LogP contribution in [0.5, 0.6) is 0 Å². The van der Waals surface area contributed by atoms with E-state index >= 15 is 0 Å². The van der Waals surface area contributed by atoms with Crippen LogP contribution in [-0.2, 0) is 16.0 Å². The van der Waals surface area contributed by atoms with E-state index in [0.717, 1.165) is 12.1 Å². The van der Waals surface area contributed by atoms with E-state index in [0.29, 0.717) is 12.0 Å². The van der Waals surface area contributed by atoms with Crippen molar-refractivity contribution >= 4 is 9.84 Å². The number of halogens is 3. The van der Waals surface area contributed by atoms with Crippen molar-refractivity contribution in [2.24, 2.45) is 0 Å². The molecule has 2 atom stereocenters. The molecule has 0 bridgehead atoms. The summed E-state index contributed by atoms with van der Waals surface area (Å²) in [5, 5.41) is 12.8. The maximum atomic E-state index is 12.4. The van der Waals surface area contributed by atoms with Gasteiger partial charge in [-0.3, -0.25) is 0 Å².